The van der Waals surface area contributed by atoms with E-state index < -0.39 is 0 Å². The second-order valence-electron chi connectivity index (χ2n) is 5.99. The van der Waals surface area contributed by atoms with Gasteiger partial charge in [0.25, 0.3) is 0 Å². The molecule has 0 saturated heterocycles. The van der Waals surface area contributed by atoms with Gasteiger partial charge in [0.05, 0.1) is 7.11 Å². The lowest BCUT2D eigenvalue weighted by atomic mass is 10.1. The molecule has 0 spiro atoms. The van der Waals surface area contributed by atoms with E-state index in [1.165, 1.54) is 44.9 Å². The molecular weight excluding hydrogens is 274 g/mol. The number of carbonyl (C=O) groups is 1. The van der Waals surface area contributed by atoms with Crippen LogP contribution in [0, 0.1) is 0 Å². The van der Waals surface area contributed by atoms with Gasteiger partial charge in [-0.1, -0.05) is 56.0 Å². The van der Waals surface area contributed by atoms with Gasteiger partial charge in [-0.2, -0.15) is 0 Å². The minimum atomic E-state index is -0.0833. The van der Waals surface area contributed by atoms with Crippen molar-refractivity contribution in [1.29, 1.82) is 0 Å². The van der Waals surface area contributed by atoms with Crippen LogP contribution in [0.3, 0.4) is 0 Å². The lowest BCUT2D eigenvalue weighted by molar-refractivity contribution is -0.140. The van der Waals surface area contributed by atoms with Crippen LogP contribution in [0.15, 0.2) is 30.3 Å². The maximum Gasteiger partial charge on any atom is 0.305 e. The molecule has 3 nitrogen and oxygen atoms in total. The van der Waals surface area contributed by atoms with Crippen LogP contribution in [0.2, 0.25) is 0 Å². The first-order valence-corrected chi connectivity index (χ1v) is 8.51. The summed E-state index contributed by atoms with van der Waals surface area (Å²) in [5.41, 5.74) is 1.42. The lowest BCUT2D eigenvalue weighted by Gasteiger charge is -2.16. The minimum absolute atomic E-state index is 0.0833. The van der Waals surface area contributed by atoms with Crippen LogP contribution in [0.25, 0.3) is 0 Å². The molecule has 3 heteroatoms. The Kier molecular flexibility index (Phi) is 10.4. The van der Waals surface area contributed by atoms with Crippen molar-refractivity contribution in [2.75, 3.05) is 27.2 Å². The maximum atomic E-state index is 11.0. The highest BCUT2D eigenvalue weighted by atomic mass is 16.5. The third-order valence-electron chi connectivity index (χ3n) is 4.02. The number of rotatable bonds is 12. The van der Waals surface area contributed by atoms with Crippen molar-refractivity contribution in [2.45, 2.75) is 51.4 Å². The monoisotopic (exact) mass is 305 g/mol. The zero-order valence-electron chi connectivity index (χ0n) is 14.2. The van der Waals surface area contributed by atoms with Gasteiger partial charge in [0.2, 0.25) is 0 Å². The second-order valence-corrected chi connectivity index (χ2v) is 5.99. The summed E-state index contributed by atoms with van der Waals surface area (Å²) in [7, 11) is 3.66. The van der Waals surface area contributed by atoms with E-state index in [0.717, 1.165) is 25.8 Å². The molecule has 1 aromatic rings. The fraction of sp³-hybridized carbons (Fsp3) is 0.632. The number of ether oxygens (including phenoxy) is 1. The Morgan fingerprint density at radius 3 is 2.27 bits per heavy atom. The van der Waals surface area contributed by atoms with Crippen LogP contribution in [-0.4, -0.2) is 38.1 Å². The normalized spacial score (nSPS) is 10.9. The molecule has 0 saturated carbocycles. The first kappa shape index (κ1) is 18.7. The zero-order valence-corrected chi connectivity index (χ0v) is 14.2. The predicted molar refractivity (Wildman–Crippen MR) is 92.0 cm³/mol. The molecule has 0 N–H and O–H groups in total. The van der Waals surface area contributed by atoms with E-state index in [-0.39, 0.29) is 5.97 Å². The van der Waals surface area contributed by atoms with E-state index in [9.17, 15) is 4.79 Å². The Morgan fingerprint density at radius 1 is 0.955 bits per heavy atom. The summed E-state index contributed by atoms with van der Waals surface area (Å²) in [4.78, 5) is 13.4. The van der Waals surface area contributed by atoms with Crippen molar-refractivity contribution in [3.05, 3.63) is 35.9 Å². The molecule has 0 unspecified atom stereocenters. The SMILES string of the molecule is COC(=O)CCCCCCCCN(C)CCc1ccccc1. The zero-order chi connectivity index (χ0) is 16.0. The molecule has 124 valence electrons. The van der Waals surface area contributed by atoms with Crippen molar-refractivity contribution in [3.63, 3.8) is 0 Å². The Hall–Kier alpha value is -1.35. The summed E-state index contributed by atoms with van der Waals surface area (Å²) < 4.78 is 4.63. The van der Waals surface area contributed by atoms with Crippen LogP contribution < -0.4 is 0 Å². The summed E-state index contributed by atoms with van der Waals surface area (Å²) in [5.74, 6) is -0.0833. The number of likely N-dealkylation sites (N-methyl/N-ethyl adjacent to an activating group) is 1. The summed E-state index contributed by atoms with van der Waals surface area (Å²) in [5, 5.41) is 0. The van der Waals surface area contributed by atoms with E-state index in [0.29, 0.717) is 6.42 Å². The molecule has 0 fully saturated rings. The molecule has 0 aliphatic rings. The Morgan fingerprint density at radius 2 is 1.59 bits per heavy atom. The number of benzene rings is 1. The lowest BCUT2D eigenvalue weighted by Crippen LogP contribution is -2.22. The van der Waals surface area contributed by atoms with Gasteiger partial charge in [-0.25, -0.2) is 0 Å². The Balaban J connectivity index is 1.90. The molecule has 1 rings (SSSR count). The molecule has 0 bridgehead atoms. The summed E-state index contributed by atoms with van der Waals surface area (Å²) in [6.45, 7) is 2.30. The van der Waals surface area contributed by atoms with Crippen LogP contribution in [0.1, 0.15) is 50.5 Å². The van der Waals surface area contributed by atoms with E-state index in [2.05, 4.69) is 47.0 Å². The van der Waals surface area contributed by atoms with Crippen LogP contribution >= 0.6 is 0 Å². The summed E-state index contributed by atoms with van der Waals surface area (Å²) in [6.07, 6.45) is 8.85. The van der Waals surface area contributed by atoms with Gasteiger partial charge in [0, 0.05) is 13.0 Å². The first-order valence-electron chi connectivity index (χ1n) is 8.51. The average Bonchev–Trinajstić information content (AvgIpc) is 2.56. The fourth-order valence-corrected chi connectivity index (χ4v) is 2.54. The van der Waals surface area contributed by atoms with Gasteiger partial charge in [-0.3, -0.25) is 4.79 Å². The fourth-order valence-electron chi connectivity index (χ4n) is 2.54. The number of nitrogens with zero attached hydrogens (tertiary/aromatic N) is 1. The third-order valence-corrected chi connectivity index (χ3v) is 4.02. The number of hydrogen-bond donors (Lipinski definition) is 0. The number of esters is 1. The molecule has 0 heterocycles. The summed E-state index contributed by atoms with van der Waals surface area (Å²) in [6, 6.07) is 10.7. The van der Waals surface area contributed by atoms with E-state index in [1.807, 2.05) is 0 Å². The molecule has 22 heavy (non-hydrogen) atoms. The highest BCUT2D eigenvalue weighted by Crippen LogP contribution is 2.08. The molecule has 0 atom stereocenters. The standard InChI is InChI=1S/C19H31NO2/c1-20(17-15-18-12-8-7-9-13-18)16-11-6-4-3-5-10-14-19(21)22-2/h7-9,12-13H,3-6,10-11,14-17H2,1-2H3. The highest BCUT2D eigenvalue weighted by Gasteiger charge is 2.01. The summed E-state index contributed by atoms with van der Waals surface area (Å²) >= 11 is 0. The molecule has 0 aromatic heterocycles. The van der Waals surface area contributed by atoms with Crippen LogP contribution in [0.4, 0.5) is 0 Å². The van der Waals surface area contributed by atoms with E-state index >= 15 is 0 Å². The average molecular weight is 305 g/mol. The molecule has 0 aliphatic heterocycles. The number of unbranched alkanes of at least 4 members (excludes halogenated alkanes) is 5. The number of methoxy groups -OCH3 is 1. The van der Waals surface area contributed by atoms with Crippen molar-refractivity contribution in [1.82, 2.24) is 4.90 Å². The number of carbonyl (C=O) groups excluding carboxylic acids is 1. The van der Waals surface area contributed by atoms with Gasteiger partial charge in [0.15, 0.2) is 0 Å². The van der Waals surface area contributed by atoms with Crippen molar-refractivity contribution < 1.29 is 9.53 Å². The first-order chi connectivity index (χ1) is 10.7. The largest absolute Gasteiger partial charge is 0.469 e. The Bertz CT molecular complexity index is 392. The molecule has 1 aromatic carbocycles. The third kappa shape index (κ3) is 9.56. The van der Waals surface area contributed by atoms with Gasteiger partial charge in [-0.15, -0.1) is 0 Å². The van der Waals surface area contributed by atoms with Gasteiger partial charge in [-0.05, 0) is 38.4 Å². The van der Waals surface area contributed by atoms with Gasteiger partial charge < -0.3 is 9.64 Å². The maximum absolute atomic E-state index is 11.0. The molecule has 0 amide bonds. The van der Waals surface area contributed by atoms with Gasteiger partial charge in [0.1, 0.15) is 0 Å². The molecular formula is C19H31NO2. The quantitative estimate of drug-likeness (QED) is 0.431. The van der Waals surface area contributed by atoms with Crippen LogP contribution in [0.5, 0.6) is 0 Å². The van der Waals surface area contributed by atoms with Crippen LogP contribution in [-0.2, 0) is 16.0 Å². The second kappa shape index (κ2) is 12.2. The highest BCUT2D eigenvalue weighted by molar-refractivity contribution is 5.68. The smallest absolute Gasteiger partial charge is 0.305 e. The molecule has 0 aliphatic carbocycles. The van der Waals surface area contributed by atoms with Gasteiger partial charge >= 0.3 is 5.97 Å². The van der Waals surface area contributed by atoms with Crippen molar-refractivity contribution in [3.8, 4) is 0 Å². The molecule has 0 radical (unpaired) electrons. The van der Waals surface area contributed by atoms with Crippen molar-refractivity contribution >= 4 is 5.97 Å². The van der Waals surface area contributed by atoms with E-state index in [4.69, 9.17) is 0 Å². The Labute approximate surface area is 135 Å². The topological polar surface area (TPSA) is 29.5 Å². The number of hydrogen-bond acceptors (Lipinski definition) is 3. The predicted octanol–water partition coefficient (Wildman–Crippen LogP) is 4.06. The van der Waals surface area contributed by atoms with Crippen molar-refractivity contribution in [2.24, 2.45) is 0 Å². The minimum Gasteiger partial charge on any atom is -0.469 e. The van der Waals surface area contributed by atoms with E-state index in [1.54, 1.807) is 0 Å².